The van der Waals surface area contributed by atoms with Gasteiger partial charge >= 0.3 is 0 Å². The van der Waals surface area contributed by atoms with Crippen molar-refractivity contribution in [2.75, 3.05) is 12.4 Å². The first-order chi connectivity index (χ1) is 7.55. The number of nitrogens with one attached hydrogen (secondary N) is 1. The van der Waals surface area contributed by atoms with Gasteiger partial charge in [-0.1, -0.05) is 18.3 Å². The van der Waals surface area contributed by atoms with Crippen LogP contribution in [0.15, 0.2) is 6.20 Å². The number of alkyl halides is 1. The molecule has 0 spiro atoms. The lowest BCUT2D eigenvalue weighted by molar-refractivity contribution is 0.0938. The van der Waals surface area contributed by atoms with E-state index >= 15 is 0 Å². The second-order valence-electron chi connectivity index (χ2n) is 4.42. The summed E-state index contributed by atoms with van der Waals surface area (Å²) < 4.78 is 3.65. The highest BCUT2D eigenvalue weighted by atomic mass is 35.5. The summed E-state index contributed by atoms with van der Waals surface area (Å²) in [5.74, 6) is 0.560. The van der Waals surface area contributed by atoms with E-state index in [2.05, 4.69) is 28.8 Å². The summed E-state index contributed by atoms with van der Waals surface area (Å²) in [6.07, 6.45) is 3.44. The van der Waals surface area contributed by atoms with E-state index in [1.165, 1.54) is 6.20 Å². The molecule has 1 rings (SSSR count). The number of amides is 1. The van der Waals surface area contributed by atoms with Gasteiger partial charge in [-0.3, -0.25) is 4.79 Å². The molecule has 0 aliphatic carbocycles. The minimum atomic E-state index is -0.103. The van der Waals surface area contributed by atoms with E-state index < -0.39 is 0 Å². The van der Waals surface area contributed by atoms with E-state index in [0.717, 1.165) is 24.4 Å². The largest absolute Gasteiger partial charge is 0.351 e. The Kier molecular flexibility index (Phi) is 5.15. The summed E-state index contributed by atoms with van der Waals surface area (Å²) in [5.41, 5.74) is 0.0721. The molecule has 0 aliphatic heterocycles. The van der Waals surface area contributed by atoms with E-state index in [1.807, 2.05) is 0 Å². The fraction of sp³-hybridized carbons (Fsp3) is 0.700. The van der Waals surface area contributed by atoms with Gasteiger partial charge < -0.3 is 5.32 Å². The monoisotopic (exact) mass is 261 g/mol. The standard InChI is InChI=1S/C10H16ClN3OS/c1-10(2,4-3-5-11)7-12-9(15)8-6-13-14-16-8/h6H,3-5,7H2,1-2H3,(H,12,15). The Balaban J connectivity index is 2.36. The maximum atomic E-state index is 11.6. The van der Waals surface area contributed by atoms with Crippen LogP contribution in [0.25, 0.3) is 0 Å². The zero-order valence-electron chi connectivity index (χ0n) is 9.49. The molecule has 0 fully saturated rings. The Labute approximate surface area is 105 Å². The highest BCUT2D eigenvalue weighted by molar-refractivity contribution is 7.07. The Morgan fingerprint density at radius 1 is 1.62 bits per heavy atom. The van der Waals surface area contributed by atoms with Crippen LogP contribution in [-0.2, 0) is 0 Å². The molecule has 0 aliphatic rings. The van der Waals surface area contributed by atoms with E-state index in [-0.39, 0.29) is 11.3 Å². The molecule has 0 saturated carbocycles. The van der Waals surface area contributed by atoms with Crippen molar-refractivity contribution in [2.45, 2.75) is 26.7 Å². The van der Waals surface area contributed by atoms with Crippen LogP contribution in [0.2, 0.25) is 0 Å². The third kappa shape index (κ3) is 4.45. The van der Waals surface area contributed by atoms with Crippen LogP contribution in [0.4, 0.5) is 0 Å². The van der Waals surface area contributed by atoms with Crippen molar-refractivity contribution < 1.29 is 4.79 Å². The molecule has 0 radical (unpaired) electrons. The fourth-order valence-electron chi connectivity index (χ4n) is 1.31. The van der Waals surface area contributed by atoms with Crippen LogP contribution in [-0.4, -0.2) is 27.9 Å². The number of carbonyl (C=O) groups excluding carboxylic acids is 1. The summed E-state index contributed by atoms with van der Waals surface area (Å²) in [6.45, 7) is 4.87. The predicted molar refractivity (Wildman–Crippen MR) is 66.0 cm³/mol. The van der Waals surface area contributed by atoms with Gasteiger partial charge in [0.25, 0.3) is 5.91 Å². The smallest absolute Gasteiger partial charge is 0.264 e. The van der Waals surface area contributed by atoms with Crippen LogP contribution in [0.3, 0.4) is 0 Å². The predicted octanol–water partition coefficient (Wildman–Crippen LogP) is 2.31. The lowest BCUT2D eigenvalue weighted by atomic mass is 9.88. The topological polar surface area (TPSA) is 54.9 Å². The first-order valence-corrected chi connectivity index (χ1v) is 6.47. The number of hydrogen-bond acceptors (Lipinski definition) is 4. The number of aromatic nitrogens is 2. The van der Waals surface area contributed by atoms with Crippen LogP contribution < -0.4 is 5.32 Å². The number of nitrogens with zero attached hydrogens (tertiary/aromatic N) is 2. The van der Waals surface area contributed by atoms with Gasteiger partial charge in [0.1, 0.15) is 4.88 Å². The summed E-state index contributed by atoms with van der Waals surface area (Å²) in [5, 5.41) is 6.51. The van der Waals surface area contributed by atoms with Crippen molar-refractivity contribution in [3.63, 3.8) is 0 Å². The normalized spacial score (nSPS) is 11.4. The molecule has 0 saturated heterocycles. The maximum absolute atomic E-state index is 11.6. The number of hydrogen-bond donors (Lipinski definition) is 1. The summed E-state index contributed by atoms with van der Waals surface area (Å²) >= 11 is 6.75. The van der Waals surface area contributed by atoms with E-state index in [0.29, 0.717) is 17.3 Å². The van der Waals surface area contributed by atoms with Gasteiger partial charge in [0.15, 0.2) is 0 Å². The van der Waals surface area contributed by atoms with Crippen molar-refractivity contribution in [1.29, 1.82) is 0 Å². The summed E-state index contributed by atoms with van der Waals surface area (Å²) in [4.78, 5) is 12.2. The first kappa shape index (κ1) is 13.4. The van der Waals surface area contributed by atoms with E-state index in [4.69, 9.17) is 11.6 Å². The lowest BCUT2D eigenvalue weighted by Gasteiger charge is -2.24. The zero-order chi connectivity index (χ0) is 12.0. The molecule has 0 bridgehead atoms. The van der Waals surface area contributed by atoms with Gasteiger partial charge in [-0.05, 0) is 29.8 Å². The van der Waals surface area contributed by atoms with Crippen LogP contribution in [0.1, 0.15) is 36.4 Å². The average molecular weight is 262 g/mol. The highest BCUT2D eigenvalue weighted by Gasteiger charge is 2.19. The van der Waals surface area contributed by atoms with Crippen molar-refractivity contribution in [3.05, 3.63) is 11.1 Å². The Bertz CT molecular complexity index is 327. The van der Waals surface area contributed by atoms with E-state index in [9.17, 15) is 4.79 Å². The molecule has 0 atom stereocenters. The number of carbonyl (C=O) groups is 1. The maximum Gasteiger partial charge on any atom is 0.264 e. The second kappa shape index (κ2) is 6.15. The molecular weight excluding hydrogens is 246 g/mol. The third-order valence-corrected chi connectivity index (χ3v) is 3.23. The number of rotatable bonds is 6. The van der Waals surface area contributed by atoms with Gasteiger partial charge in [-0.25, -0.2) is 0 Å². The number of halogens is 1. The van der Waals surface area contributed by atoms with Crippen LogP contribution in [0, 0.1) is 5.41 Å². The first-order valence-electron chi connectivity index (χ1n) is 5.17. The van der Waals surface area contributed by atoms with Gasteiger partial charge in [-0.2, -0.15) is 0 Å². The minimum Gasteiger partial charge on any atom is -0.351 e. The Morgan fingerprint density at radius 3 is 2.94 bits per heavy atom. The second-order valence-corrected chi connectivity index (χ2v) is 5.58. The molecule has 0 unspecified atom stereocenters. The Morgan fingerprint density at radius 2 is 2.38 bits per heavy atom. The average Bonchev–Trinajstić information content (AvgIpc) is 2.77. The van der Waals surface area contributed by atoms with Crippen molar-refractivity contribution in [3.8, 4) is 0 Å². The molecule has 1 heterocycles. The molecule has 1 N–H and O–H groups in total. The molecule has 0 aromatic carbocycles. The van der Waals surface area contributed by atoms with Gasteiger partial charge in [-0.15, -0.1) is 16.7 Å². The van der Waals surface area contributed by atoms with Crippen molar-refractivity contribution in [2.24, 2.45) is 5.41 Å². The molecular formula is C10H16ClN3OS. The molecule has 90 valence electrons. The van der Waals surface area contributed by atoms with Gasteiger partial charge in [0, 0.05) is 12.4 Å². The molecule has 4 nitrogen and oxygen atoms in total. The molecule has 1 amide bonds. The van der Waals surface area contributed by atoms with E-state index in [1.54, 1.807) is 0 Å². The lowest BCUT2D eigenvalue weighted by Crippen LogP contribution is -2.33. The van der Waals surface area contributed by atoms with Gasteiger partial charge in [0.2, 0.25) is 0 Å². The van der Waals surface area contributed by atoms with Gasteiger partial charge in [0.05, 0.1) is 6.20 Å². The SMILES string of the molecule is CC(C)(CCCCl)CNC(=O)c1cnns1. The van der Waals surface area contributed by atoms with Crippen molar-refractivity contribution in [1.82, 2.24) is 14.9 Å². The summed E-state index contributed by atoms with van der Waals surface area (Å²) in [6, 6.07) is 0. The highest BCUT2D eigenvalue weighted by Crippen LogP contribution is 2.21. The summed E-state index contributed by atoms with van der Waals surface area (Å²) in [7, 11) is 0. The minimum absolute atomic E-state index is 0.0721. The molecule has 6 heteroatoms. The third-order valence-electron chi connectivity index (χ3n) is 2.30. The van der Waals surface area contributed by atoms with Crippen LogP contribution >= 0.6 is 23.1 Å². The molecule has 1 aromatic heterocycles. The Hall–Kier alpha value is -0.680. The fourth-order valence-corrected chi connectivity index (χ4v) is 1.87. The van der Waals surface area contributed by atoms with Crippen molar-refractivity contribution >= 4 is 29.0 Å². The quantitative estimate of drug-likeness (QED) is 0.800. The molecule has 1 aromatic rings. The molecule has 16 heavy (non-hydrogen) atoms. The zero-order valence-corrected chi connectivity index (χ0v) is 11.1. The van der Waals surface area contributed by atoms with Crippen LogP contribution in [0.5, 0.6) is 0 Å².